The molecule has 2 rings (SSSR count). The lowest BCUT2D eigenvalue weighted by Gasteiger charge is -2.21. The standard InChI is InChI=1S/C20H25N3O7S/c1-6-30-19-11-16(17(23(25)26)12-18(19)29-5)20(24)21-14-7-9-15(10-8-14)31(27,28)22(4)13(2)3/h7-13H,6H2,1-5H3,(H,21,24). The Morgan fingerprint density at radius 2 is 1.81 bits per heavy atom. The molecule has 168 valence electrons. The van der Waals surface area contributed by atoms with Gasteiger partial charge in [-0.3, -0.25) is 14.9 Å². The monoisotopic (exact) mass is 451 g/mol. The molecule has 0 aromatic heterocycles. The van der Waals surface area contributed by atoms with Crippen LogP contribution in [0.3, 0.4) is 0 Å². The van der Waals surface area contributed by atoms with Crippen molar-refractivity contribution in [1.29, 1.82) is 0 Å². The first-order valence-corrected chi connectivity index (χ1v) is 10.9. The molecule has 2 aromatic rings. The molecule has 11 heteroatoms. The first-order chi connectivity index (χ1) is 14.5. The van der Waals surface area contributed by atoms with Gasteiger partial charge in [-0.05, 0) is 45.0 Å². The van der Waals surface area contributed by atoms with Crippen molar-refractivity contribution in [2.45, 2.75) is 31.7 Å². The molecule has 1 amide bonds. The molecule has 2 aromatic carbocycles. The van der Waals surface area contributed by atoms with Gasteiger partial charge in [0.25, 0.3) is 11.6 Å². The van der Waals surface area contributed by atoms with Gasteiger partial charge >= 0.3 is 0 Å². The van der Waals surface area contributed by atoms with E-state index in [1.165, 1.54) is 48.8 Å². The van der Waals surface area contributed by atoms with Crippen LogP contribution in [0.15, 0.2) is 41.3 Å². The highest BCUT2D eigenvalue weighted by Crippen LogP contribution is 2.35. The number of nitrogens with one attached hydrogen (secondary N) is 1. The minimum absolute atomic E-state index is 0.0655. The SMILES string of the molecule is CCOc1cc(C(=O)Nc2ccc(S(=O)(=O)N(C)C(C)C)cc2)c([N+](=O)[O-])cc1OC. The zero-order chi connectivity index (χ0) is 23.3. The molecule has 0 atom stereocenters. The molecule has 0 aliphatic carbocycles. The van der Waals surface area contributed by atoms with E-state index >= 15 is 0 Å². The average molecular weight is 452 g/mol. The highest BCUT2D eigenvalue weighted by molar-refractivity contribution is 7.89. The number of benzene rings is 2. The van der Waals surface area contributed by atoms with Crippen LogP contribution < -0.4 is 14.8 Å². The van der Waals surface area contributed by atoms with E-state index in [4.69, 9.17) is 9.47 Å². The molecule has 0 radical (unpaired) electrons. The zero-order valence-corrected chi connectivity index (χ0v) is 18.7. The van der Waals surface area contributed by atoms with Crippen LogP contribution in [0.5, 0.6) is 11.5 Å². The Morgan fingerprint density at radius 1 is 1.19 bits per heavy atom. The van der Waals surface area contributed by atoms with E-state index in [1.54, 1.807) is 20.8 Å². The summed E-state index contributed by atoms with van der Waals surface area (Å²) in [7, 11) is -0.851. The highest BCUT2D eigenvalue weighted by Gasteiger charge is 2.26. The van der Waals surface area contributed by atoms with Crippen LogP contribution in [0.4, 0.5) is 11.4 Å². The second kappa shape index (κ2) is 9.75. The van der Waals surface area contributed by atoms with Crippen LogP contribution in [0.2, 0.25) is 0 Å². The van der Waals surface area contributed by atoms with Crippen molar-refractivity contribution >= 4 is 27.3 Å². The van der Waals surface area contributed by atoms with E-state index in [0.29, 0.717) is 0 Å². The number of carbonyl (C=O) groups is 1. The van der Waals surface area contributed by atoms with Crippen molar-refractivity contribution in [2.75, 3.05) is 26.1 Å². The van der Waals surface area contributed by atoms with E-state index < -0.39 is 26.5 Å². The summed E-state index contributed by atoms with van der Waals surface area (Å²) in [6.07, 6.45) is 0. The zero-order valence-electron chi connectivity index (χ0n) is 17.9. The van der Waals surface area contributed by atoms with E-state index in [0.717, 1.165) is 6.07 Å². The van der Waals surface area contributed by atoms with Gasteiger partial charge in [-0.1, -0.05) is 0 Å². The van der Waals surface area contributed by atoms with Gasteiger partial charge in [-0.25, -0.2) is 8.42 Å². The van der Waals surface area contributed by atoms with Gasteiger partial charge in [-0.15, -0.1) is 0 Å². The largest absolute Gasteiger partial charge is 0.493 e. The third kappa shape index (κ3) is 5.30. The Labute approximate surface area is 181 Å². The fourth-order valence-electron chi connectivity index (χ4n) is 2.66. The van der Waals surface area contributed by atoms with Gasteiger partial charge < -0.3 is 14.8 Å². The number of nitro groups is 1. The molecule has 0 saturated heterocycles. The van der Waals surface area contributed by atoms with Crippen molar-refractivity contribution in [1.82, 2.24) is 4.31 Å². The minimum atomic E-state index is -3.67. The number of ether oxygens (including phenoxy) is 2. The molecule has 0 unspecified atom stereocenters. The molecule has 0 saturated carbocycles. The lowest BCUT2D eigenvalue weighted by atomic mass is 10.1. The van der Waals surface area contributed by atoms with Crippen molar-refractivity contribution in [3.8, 4) is 11.5 Å². The van der Waals surface area contributed by atoms with Crippen LogP contribution in [-0.2, 0) is 10.0 Å². The molecule has 0 aliphatic rings. The number of sulfonamides is 1. The van der Waals surface area contributed by atoms with Crippen LogP contribution in [-0.4, -0.2) is 50.4 Å². The second-order valence-electron chi connectivity index (χ2n) is 6.80. The highest BCUT2D eigenvalue weighted by atomic mass is 32.2. The number of rotatable bonds is 9. The molecular weight excluding hydrogens is 426 g/mol. The Hall–Kier alpha value is -3.18. The van der Waals surface area contributed by atoms with E-state index in [-0.39, 0.29) is 40.3 Å². The molecule has 0 spiro atoms. The number of hydrogen-bond donors (Lipinski definition) is 1. The Kier molecular flexibility index (Phi) is 7.58. The van der Waals surface area contributed by atoms with Gasteiger partial charge in [0.2, 0.25) is 10.0 Å². The first kappa shape index (κ1) is 24.1. The normalized spacial score (nSPS) is 11.5. The molecule has 31 heavy (non-hydrogen) atoms. The topological polar surface area (TPSA) is 128 Å². The number of nitrogens with zero attached hydrogens (tertiary/aromatic N) is 2. The molecular formula is C20H25N3O7S. The van der Waals surface area contributed by atoms with Gasteiger partial charge in [0.15, 0.2) is 11.5 Å². The average Bonchev–Trinajstić information content (AvgIpc) is 2.73. The smallest absolute Gasteiger partial charge is 0.286 e. The Balaban J connectivity index is 2.35. The maximum absolute atomic E-state index is 12.7. The molecule has 10 nitrogen and oxygen atoms in total. The summed E-state index contributed by atoms with van der Waals surface area (Å²) in [5.74, 6) is -0.418. The fourth-order valence-corrected chi connectivity index (χ4v) is 4.03. The second-order valence-corrected chi connectivity index (χ2v) is 8.80. The van der Waals surface area contributed by atoms with Crippen molar-refractivity contribution in [3.05, 3.63) is 52.1 Å². The van der Waals surface area contributed by atoms with E-state index in [9.17, 15) is 23.3 Å². The number of amides is 1. The summed E-state index contributed by atoms with van der Waals surface area (Å²) in [5.41, 5.74) is -0.389. The van der Waals surface area contributed by atoms with E-state index in [1.807, 2.05) is 0 Å². The molecule has 0 fully saturated rings. The lowest BCUT2D eigenvalue weighted by Crippen LogP contribution is -2.33. The fraction of sp³-hybridized carbons (Fsp3) is 0.350. The maximum atomic E-state index is 12.7. The van der Waals surface area contributed by atoms with Gasteiger partial charge in [0, 0.05) is 24.8 Å². The van der Waals surface area contributed by atoms with Crippen LogP contribution in [0.25, 0.3) is 0 Å². The first-order valence-electron chi connectivity index (χ1n) is 9.41. The van der Waals surface area contributed by atoms with Gasteiger partial charge in [0.05, 0.1) is 29.6 Å². The molecule has 0 heterocycles. The maximum Gasteiger partial charge on any atom is 0.286 e. The summed E-state index contributed by atoms with van der Waals surface area (Å²) < 4.78 is 36.8. The Morgan fingerprint density at radius 3 is 2.29 bits per heavy atom. The predicted molar refractivity (Wildman–Crippen MR) is 115 cm³/mol. The van der Waals surface area contributed by atoms with Gasteiger partial charge in [0.1, 0.15) is 5.56 Å². The molecule has 0 aliphatic heterocycles. The van der Waals surface area contributed by atoms with Gasteiger partial charge in [-0.2, -0.15) is 4.31 Å². The number of hydrogen-bond acceptors (Lipinski definition) is 7. The minimum Gasteiger partial charge on any atom is -0.493 e. The van der Waals surface area contributed by atoms with E-state index in [2.05, 4.69) is 5.32 Å². The number of nitro benzene ring substituents is 1. The lowest BCUT2D eigenvalue weighted by molar-refractivity contribution is -0.385. The van der Waals surface area contributed by atoms with Crippen LogP contribution >= 0.6 is 0 Å². The number of carbonyl (C=O) groups excluding carboxylic acids is 1. The van der Waals surface area contributed by atoms with Crippen molar-refractivity contribution in [3.63, 3.8) is 0 Å². The van der Waals surface area contributed by atoms with Crippen LogP contribution in [0, 0.1) is 10.1 Å². The summed E-state index contributed by atoms with van der Waals surface area (Å²) >= 11 is 0. The summed E-state index contributed by atoms with van der Waals surface area (Å²) in [5, 5.41) is 14.0. The third-order valence-corrected chi connectivity index (χ3v) is 6.59. The summed E-state index contributed by atoms with van der Waals surface area (Å²) in [4.78, 5) is 23.6. The molecule has 0 bridgehead atoms. The third-order valence-electron chi connectivity index (χ3n) is 4.54. The quantitative estimate of drug-likeness (QED) is 0.458. The molecule has 1 N–H and O–H groups in total. The Bertz CT molecular complexity index is 1070. The van der Waals surface area contributed by atoms with Crippen molar-refractivity contribution in [2.24, 2.45) is 0 Å². The summed E-state index contributed by atoms with van der Waals surface area (Å²) in [6, 6.07) is 7.69. The number of anilines is 1. The summed E-state index contributed by atoms with van der Waals surface area (Å²) in [6.45, 7) is 5.51. The number of methoxy groups -OCH3 is 1. The van der Waals surface area contributed by atoms with Crippen molar-refractivity contribution < 1.29 is 27.6 Å². The van der Waals surface area contributed by atoms with Crippen LogP contribution in [0.1, 0.15) is 31.1 Å². The predicted octanol–water partition coefficient (Wildman–Crippen LogP) is 3.28.